The van der Waals surface area contributed by atoms with Crippen LogP contribution in [0.5, 0.6) is 0 Å². The van der Waals surface area contributed by atoms with Crippen molar-refractivity contribution >= 4 is 11.3 Å². The Kier molecular flexibility index (Phi) is 4.80. The summed E-state index contributed by atoms with van der Waals surface area (Å²) in [5.41, 5.74) is 3.99. The molecule has 2 aromatic rings. The predicted octanol–water partition coefficient (Wildman–Crippen LogP) is 3.90. The number of hydrogen-bond donors (Lipinski definition) is 2. The molecule has 0 aliphatic heterocycles. The highest BCUT2D eigenvalue weighted by molar-refractivity contribution is 7.07. The molecule has 108 valence electrons. The maximum absolute atomic E-state index is 12.5. The molecule has 0 saturated heterocycles. The molecule has 1 aromatic heterocycles. The number of hydrazine groups is 1. The molecule has 0 spiro atoms. The minimum atomic E-state index is -4.30. The van der Waals surface area contributed by atoms with Crippen molar-refractivity contribution in [2.75, 3.05) is 0 Å². The molecule has 2 rings (SSSR count). The van der Waals surface area contributed by atoms with Gasteiger partial charge >= 0.3 is 6.18 Å². The van der Waals surface area contributed by atoms with E-state index in [1.807, 2.05) is 11.4 Å². The second-order valence-corrected chi connectivity index (χ2v) is 5.29. The summed E-state index contributed by atoms with van der Waals surface area (Å²) in [6.07, 6.45) is -2.74. The molecule has 1 aromatic carbocycles. The van der Waals surface area contributed by atoms with Crippen LogP contribution in [0.15, 0.2) is 41.1 Å². The summed E-state index contributed by atoms with van der Waals surface area (Å²) in [5, 5.41) is 4.05. The van der Waals surface area contributed by atoms with Crippen LogP contribution in [0.4, 0.5) is 13.2 Å². The van der Waals surface area contributed by atoms with Crippen molar-refractivity contribution in [3.63, 3.8) is 0 Å². The molecule has 0 radical (unpaired) electrons. The SMILES string of the molecule is NNC(CCc1ccsc1)c1ccc(C(F)(F)F)cc1. The summed E-state index contributed by atoms with van der Waals surface area (Å²) in [5.74, 6) is 5.50. The standard InChI is InChI=1S/C14H15F3N2S/c15-14(16,17)12-4-2-11(3-5-12)13(19-18)6-1-10-7-8-20-9-10/h2-5,7-9,13,19H,1,6,18H2. The summed E-state index contributed by atoms with van der Waals surface area (Å²) in [4.78, 5) is 0. The molecule has 1 heterocycles. The van der Waals surface area contributed by atoms with Crippen LogP contribution in [0.25, 0.3) is 0 Å². The summed E-state index contributed by atoms with van der Waals surface area (Å²) >= 11 is 1.62. The van der Waals surface area contributed by atoms with E-state index < -0.39 is 11.7 Å². The highest BCUT2D eigenvalue weighted by atomic mass is 32.1. The molecule has 0 amide bonds. The molecule has 1 atom stereocenters. The average molecular weight is 300 g/mol. The van der Waals surface area contributed by atoms with Crippen molar-refractivity contribution < 1.29 is 13.2 Å². The highest BCUT2D eigenvalue weighted by Gasteiger charge is 2.30. The van der Waals surface area contributed by atoms with Gasteiger partial charge < -0.3 is 0 Å². The Morgan fingerprint density at radius 3 is 2.35 bits per heavy atom. The lowest BCUT2D eigenvalue weighted by molar-refractivity contribution is -0.137. The van der Waals surface area contributed by atoms with Gasteiger partial charge in [-0.25, -0.2) is 0 Å². The third-order valence-corrected chi connectivity index (χ3v) is 3.88. The monoisotopic (exact) mass is 300 g/mol. The number of nitrogens with one attached hydrogen (secondary N) is 1. The van der Waals surface area contributed by atoms with Gasteiger partial charge in [0.2, 0.25) is 0 Å². The Hall–Kier alpha value is -1.37. The first-order chi connectivity index (χ1) is 9.50. The van der Waals surface area contributed by atoms with Crippen molar-refractivity contribution in [3.05, 3.63) is 57.8 Å². The topological polar surface area (TPSA) is 38.0 Å². The van der Waals surface area contributed by atoms with Crippen LogP contribution in [-0.2, 0) is 12.6 Å². The molecule has 6 heteroatoms. The number of thiophene rings is 1. The van der Waals surface area contributed by atoms with Crippen molar-refractivity contribution in [2.45, 2.75) is 25.1 Å². The summed E-state index contributed by atoms with van der Waals surface area (Å²) in [7, 11) is 0. The number of aryl methyl sites for hydroxylation is 1. The number of rotatable bonds is 5. The largest absolute Gasteiger partial charge is 0.416 e. The second-order valence-electron chi connectivity index (χ2n) is 4.51. The molecule has 1 unspecified atom stereocenters. The first-order valence-corrected chi connectivity index (χ1v) is 7.09. The minimum Gasteiger partial charge on any atom is -0.271 e. The maximum Gasteiger partial charge on any atom is 0.416 e. The molecular weight excluding hydrogens is 285 g/mol. The normalized spacial score (nSPS) is 13.4. The van der Waals surface area contributed by atoms with Crippen LogP contribution < -0.4 is 11.3 Å². The van der Waals surface area contributed by atoms with Crippen LogP contribution in [0.2, 0.25) is 0 Å². The van der Waals surface area contributed by atoms with Crippen molar-refractivity contribution in [3.8, 4) is 0 Å². The smallest absolute Gasteiger partial charge is 0.271 e. The molecule has 0 bridgehead atoms. The second kappa shape index (κ2) is 6.39. The quantitative estimate of drug-likeness (QED) is 0.649. The number of hydrogen-bond acceptors (Lipinski definition) is 3. The lowest BCUT2D eigenvalue weighted by Crippen LogP contribution is -2.28. The maximum atomic E-state index is 12.5. The summed E-state index contributed by atoms with van der Waals surface area (Å²) < 4.78 is 37.5. The fourth-order valence-corrected chi connectivity index (χ4v) is 2.70. The van der Waals surface area contributed by atoms with Crippen molar-refractivity contribution in [1.29, 1.82) is 0 Å². The molecule has 0 saturated carbocycles. The molecule has 0 fully saturated rings. The van der Waals surface area contributed by atoms with Crippen LogP contribution >= 0.6 is 11.3 Å². The lowest BCUT2D eigenvalue weighted by atomic mass is 9.99. The summed E-state index contributed by atoms with van der Waals surface area (Å²) in [6.45, 7) is 0. The first kappa shape index (κ1) is 15.0. The van der Waals surface area contributed by atoms with E-state index in [4.69, 9.17) is 5.84 Å². The van der Waals surface area contributed by atoms with Gasteiger partial charge in [-0.15, -0.1) is 0 Å². The Labute approximate surface area is 119 Å². The highest BCUT2D eigenvalue weighted by Crippen LogP contribution is 2.30. The van der Waals surface area contributed by atoms with Gasteiger partial charge in [0.15, 0.2) is 0 Å². The Bertz CT molecular complexity index is 520. The third-order valence-electron chi connectivity index (χ3n) is 3.14. The average Bonchev–Trinajstić information content (AvgIpc) is 2.92. The fourth-order valence-electron chi connectivity index (χ4n) is 2.00. The number of nitrogens with two attached hydrogens (primary N) is 1. The van der Waals surface area contributed by atoms with E-state index in [2.05, 4.69) is 10.8 Å². The predicted molar refractivity (Wildman–Crippen MR) is 74.1 cm³/mol. The van der Waals surface area contributed by atoms with Gasteiger partial charge in [-0.1, -0.05) is 12.1 Å². The fraction of sp³-hybridized carbons (Fsp3) is 0.286. The number of alkyl halides is 3. The zero-order valence-corrected chi connectivity index (χ0v) is 11.5. The van der Waals surface area contributed by atoms with E-state index in [1.165, 1.54) is 17.7 Å². The molecule has 0 aliphatic carbocycles. The van der Waals surface area contributed by atoms with E-state index in [9.17, 15) is 13.2 Å². The number of benzene rings is 1. The third kappa shape index (κ3) is 3.82. The lowest BCUT2D eigenvalue weighted by Gasteiger charge is -2.17. The molecular formula is C14H15F3N2S. The Morgan fingerprint density at radius 2 is 1.85 bits per heavy atom. The van der Waals surface area contributed by atoms with Gasteiger partial charge in [0.1, 0.15) is 0 Å². The zero-order chi connectivity index (χ0) is 14.6. The van der Waals surface area contributed by atoms with Gasteiger partial charge in [0.25, 0.3) is 0 Å². The van der Waals surface area contributed by atoms with Gasteiger partial charge in [0, 0.05) is 6.04 Å². The van der Waals surface area contributed by atoms with E-state index in [0.29, 0.717) is 0 Å². The van der Waals surface area contributed by atoms with Gasteiger partial charge in [-0.3, -0.25) is 11.3 Å². The van der Waals surface area contributed by atoms with Gasteiger partial charge in [-0.2, -0.15) is 24.5 Å². The van der Waals surface area contributed by atoms with E-state index in [0.717, 1.165) is 30.5 Å². The zero-order valence-electron chi connectivity index (χ0n) is 10.7. The van der Waals surface area contributed by atoms with Gasteiger partial charge in [0.05, 0.1) is 5.56 Å². The van der Waals surface area contributed by atoms with E-state index in [-0.39, 0.29) is 6.04 Å². The Balaban J connectivity index is 2.04. The minimum absolute atomic E-state index is 0.155. The van der Waals surface area contributed by atoms with Crippen LogP contribution in [0.3, 0.4) is 0 Å². The molecule has 20 heavy (non-hydrogen) atoms. The Morgan fingerprint density at radius 1 is 1.15 bits per heavy atom. The van der Waals surface area contributed by atoms with Crippen molar-refractivity contribution in [2.24, 2.45) is 5.84 Å². The van der Waals surface area contributed by atoms with Gasteiger partial charge in [-0.05, 0) is 52.9 Å². The van der Waals surface area contributed by atoms with Crippen LogP contribution in [0.1, 0.15) is 29.2 Å². The van der Waals surface area contributed by atoms with E-state index >= 15 is 0 Å². The van der Waals surface area contributed by atoms with Crippen LogP contribution in [-0.4, -0.2) is 0 Å². The van der Waals surface area contributed by atoms with E-state index in [1.54, 1.807) is 11.3 Å². The molecule has 3 N–H and O–H groups in total. The molecule has 2 nitrogen and oxygen atoms in total. The molecule has 0 aliphatic rings. The summed E-state index contributed by atoms with van der Waals surface area (Å²) in [6, 6.07) is 7.00. The van der Waals surface area contributed by atoms with Crippen molar-refractivity contribution in [1.82, 2.24) is 5.43 Å². The van der Waals surface area contributed by atoms with Crippen LogP contribution in [0, 0.1) is 0 Å². The number of halogens is 3. The first-order valence-electron chi connectivity index (χ1n) is 6.15.